The van der Waals surface area contributed by atoms with E-state index in [0.29, 0.717) is 32.0 Å². The molecule has 264 valence electrons. The molecule has 0 fully saturated rings. The number of anilines is 4. The van der Waals surface area contributed by atoms with Crippen LogP contribution < -0.4 is 17.5 Å². The molecule has 51 heavy (non-hydrogen) atoms. The van der Waals surface area contributed by atoms with Gasteiger partial charge < -0.3 is 0 Å². The fraction of sp³-hybridized carbons (Fsp3) is 0.238. The Morgan fingerprint density at radius 2 is 0.961 bits per heavy atom. The van der Waals surface area contributed by atoms with Gasteiger partial charge in [-0.2, -0.15) is 0 Å². The van der Waals surface area contributed by atoms with Crippen molar-refractivity contribution in [2.24, 2.45) is 0 Å². The number of hydrogen-bond donors (Lipinski definition) is 0. The predicted molar refractivity (Wildman–Crippen MR) is 196 cm³/mol. The van der Waals surface area contributed by atoms with Gasteiger partial charge in [-0.3, -0.25) is 0 Å². The summed E-state index contributed by atoms with van der Waals surface area (Å²) in [5, 5.41) is 0. The minimum atomic E-state index is -5.13. The molecule has 0 saturated heterocycles. The zero-order valence-corrected chi connectivity index (χ0v) is 30.9. The normalized spacial score (nSPS) is 13.9. The van der Waals surface area contributed by atoms with E-state index in [4.69, 9.17) is 9.47 Å². The van der Waals surface area contributed by atoms with Crippen molar-refractivity contribution in [3.63, 3.8) is 0 Å². The molecule has 0 bridgehead atoms. The van der Waals surface area contributed by atoms with Crippen molar-refractivity contribution in [1.29, 1.82) is 0 Å². The summed E-state index contributed by atoms with van der Waals surface area (Å²) < 4.78 is 81.0. The van der Waals surface area contributed by atoms with Crippen molar-refractivity contribution in [1.82, 2.24) is 0 Å². The van der Waals surface area contributed by atoms with Crippen LogP contribution in [0.2, 0.25) is 0 Å². The van der Waals surface area contributed by atoms with Crippen LogP contribution in [-0.4, -0.2) is 40.5 Å². The number of hydrogen-bond acceptors (Lipinski definition) is 4. The number of allylic oxidation sites excluding steroid dienone is 8. The summed E-state index contributed by atoms with van der Waals surface area (Å²) in [5.41, 5.74) is 3.63. The standard InChI is InChI=1S/2C16H16F2NO.2C5H5.Ti/c2*1-12-3-6-14(7-4-12)19(9-10-20-2)16-8-5-13(17)11-15(16)18;2*1-2-4-5-3-1;/h2*3-8H,9-10H2,1-2H3;2*1-3H,4H2;. The Morgan fingerprint density at radius 3 is 1.29 bits per heavy atom. The third-order valence-electron chi connectivity index (χ3n) is 9.71. The minimum absolute atomic E-state index is 0.110. The van der Waals surface area contributed by atoms with Crippen molar-refractivity contribution < 1.29 is 43.6 Å². The van der Waals surface area contributed by atoms with Gasteiger partial charge in [0.05, 0.1) is 0 Å². The Bertz CT molecular complexity index is 1860. The molecule has 4 aromatic carbocycles. The van der Waals surface area contributed by atoms with Gasteiger partial charge in [-0.25, -0.2) is 0 Å². The summed E-state index contributed by atoms with van der Waals surface area (Å²) in [5.74, 6) is -3.31. The van der Waals surface area contributed by atoms with E-state index >= 15 is 17.6 Å². The fourth-order valence-corrected chi connectivity index (χ4v) is 15.5. The van der Waals surface area contributed by atoms with E-state index < -0.39 is 39.9 Å². The van der Waals surface area contributed by atoms with Crippen molar-refractivity contribution in [3.05, 3.63) is 151 Å². The van der Waals surface area contributed by atoms with E-state index in [1.165, 1.54) is 24.3 Å². The number of rotatable bonds is 14. The molecule has 0 saturated carbocycles. The van der Waals surface area contributed by atoms with Gasteiger partial charge >= 0.3 is 303 Å². The first-order valence-corrected chi connectivity index (χ1v) is 20.2. The number of aryl methyl sites for hydroxylation is 2. The van der Waals surface area contributed by atoms with Gasteiger partial charge in [0.2, 0.25) is 0 Å². The van der Waals surface area contributed by atoms with Crippen LogP contribution >= 0.6 is 0 Å². The number of methoxy groups -OCH3 is 2. The topological polar surface area (TPSA) is 24.9 Å². The van der Waals surface area contributed by atoms with Crippen molar-refractivity contribution in [2.45, 2.75) is 26.7 Å². The number of nitrogens with zero attached hydrogens (tertiary/aromatic N) is 2. The molecule has 0 aliphatic heterocycles. The van der Waals surface area contributed by atoms with Gasteiger partial charge in [0, 0.05) is 0 Å². The second-order valence-electron chi connectivity index (χ2n) is 12.9. The van der Waals surface area contributed by atoms with E-state index in [1.54, 1.807) is 24.0 Å². The first kappa shape index (κ1) is 36.6. The van der Waals surface area contributed by atoms with E-state index in [9.17, 15) is 0 Å². The third kappa shape index (κ3) is 7.03. The monoisotopic (exact) mass is 730 g/mol. The van der Waals surface area contributed by atoms with Crippen LogP contribution in [0.5, 0.6) is 0 Å². The molecular formula is C42H42F4N2O2Ti. The van der Waals surface area contributed by atoms with Crippen LogP contribution in [0.3, 0.4) is 0 Å². The van der Waals surface area contributed by atoms with Gasteiger partial charge in [0.15, 0.2) is 0 Å². The molecule has 0 atom stereocenters. The van der Waals surface area contributed by atoms with E-state index in [2.05, 4.69) is 0 Å². The number of ether oxygens (including phenoxy) is 2. The Balaban J connectivity index is 1.67. The Labute approximate surface area is 301 Å². The summed E-state index contributed by atoms with van der Waals surface area (Å²) in [6.45, 7) is 4.97. The molecule has 0 amide bonds. The zero-order chi connectivity index (χ0) is 36.1. The van der Waals surface area contributed by atoms with Crippen molar-refractivity contribution in [3.8, 4) is 0 Å². The quantitative estimate of drug-likeness (QED) is 0.0955. The summed E-state index contributed by atoms with van der Waals surface area (Å²) in [7, 11) is 3.12. The summed E-state index contributed by atoms with van der Waals surface area (Å²) >= 11 is -5.13. The molecule has 2 aliphatic rings. The van der Waals surface area contributed by atoms with Gasteiger partial charge in [0.25, 0.3) is 0 Å². The van der Waals surface area contributed by atoms with Gasteiger partial charge in [0.1, 0.15) is 0 Å². The van der Waals surface area contributed by atoms with Crippen LogP contribution in [0.25, 0.3) is 0 Å². The summed E-state index contributed by atoms with van der Waals surface area (Å²) in [6, 6.07) is 20.5. The molecule has 0 unspecified atom stereocenters. The van der Waals surface area contributed by atoms with Crippen LogP contribution in [-0.2, 0) is 26.1 Å². The van der Waals surface area contributed by atoms with Crippen LogP contribution in [0.1, 0.15) is 24.0 Å². The molecule has 0 spiro atoms. The van der Waals surface area contributed by atoms with Crippen LogP contribution in [0.15, 0.2) is 117 Å². The van der Waals surface area contributed by atoms with Crippen LogP contribution in [0.4, 0.5) is 40.3 Å². The zero-order valence-electron chi connectivity index (χ0n) is 29.4. The summed E-state index contributed by atoms with van der Waals surface area (Å²) in [4.78, 5) is 3.48. The predicted octanol–water partition coefficient (Wildman–Crippen LogP) is 9.22. The number of benzene rings is 4. The number of halogens is 4. The molecule has 0 aromatic heterocycles. The Morgan fingerprint density at radius 1 is 0.569 bits per heavy atom. The van der Waals surface area contributed by atoms with E-state index in [1.807, 2.05) is 98.8 Å². The molecule has 0 N–H and O–H groups in total. The van der Waals surface area contributed by atoms with E-state index in [-0.39, 0.29) is 45.4 Å². The van der Waals surface area contributed by atoms with Crippen LogP contribution in [0, 0.1) is 37.1 Å². The molecule has 4 aromatic rings. The molecule has 4 nitrogen and oxygen atoms in total. The van der Waals surface area contributed by atoms with Gasteiger partial charge in [-0.15, -0.1) is 0 Å². The fourth-order valence-electron chi connectivity index (χ4n) is 7.20. The second-order valence-corrected chi connectivity index (χ2v) is 18.8. The molecule has 9 heteroatoms. The maximum absolute atomic E-state index is 17.8. The molecule has 0 heterocycles. The van der Waals surface area contributed by atoms with Gasteiger partial charge in [-0.1, -0.05) is 0 Å². The molecular weight excluding hydrogens is 688 g/mol. The average Bonchev–Trinajstić information content (AvgIpc) is 3.87. The summed E-state index contributed by atoms with van der Waals surface area (Å²) in [6.07, 6.45) is 11.6. The molecule has 6 rings (SSSR count). The first-order chi connectivity index (χ1) is 24.7. The Hall–Kier alpha value is -4.21. The average molecular weight is 731 g/mol. The maximum atomic E-state index is 17.8. The van der Waals surface area contributed by atoms with Gasteiger partial charge in [-0.05, 0) is 0 Å². The third-order valence-corrected chi connectivity index (χ3v) is 17.6. The Kier molecular flexibility index (Phi) is 11.5. The first-order valence-electron chi connectivity index (χ1n) is 17.1. The SMILES string of the molecule is COCCN(c1ccc(C)cc1)c1ccc(F)[c]([Ti]([C]2=CC=CC2)([C]2=CC=CC2)[c]2c(F)ccc(N(CCOC)c3ccc(C)cc3)c2F)c1F. The second kappa shape index (κ2) is 16.0. The van der Waals surface area contributed by atoms with E-state index in [0.717, 1.165) is 11.1 Å². The molecule has 2 aliphatic carbocycles. The van der Waals surface area contributed by atoms with Crippen molar-refractivity contribution in [2.75, 3.05) is 50.3 Å². The molecule has 0 radical (unpaired) electrons. The van der Waals surface area contributed by atoms with Crippen molar-refractivity contribution >= 4 is 30.5 Å².